The molecule has 1 unspecified atom stereocenters. The van der Waals surface area contributed by atoms with Gasteiger partial charge in [0.15, 0.2) is 0 Å². The van der Waals surface area contributed by atoms with Gasteiger partial charge < -0.3 is 10.4 Å². The van der Waals surface area contributed by atoms with Crippen LogP contribution in [0.4, 0.5) is 0 Å². The fourth-order valence-electron chi connectivity index (χ4n) is 2.70. The van der Waals surface area contributed by atoms with Crippen LogP contribution in [0, 0.1) is 12.8 Å². The van der Waals surface area contributed by atoms with Gasteiger partial charge in [0.05, 0.1) is 5.60 Å². The van der Waals surface area contributed by atoms with E-state index < -0.39 is 5.60 Å². The second-order valence-corrected chi connectivity index (χ2v) is 7.56. The molecule has 2 N–H and O–H groups in total. The molecule has 0 heterocycles. The first kappa shape index (κ1) is 18.2. The molecule has 21 heavy (non-hydrogen) atoms. The molecule has 2 heteroatoms. The highest BCUT2D eigenvalue weighted by Crippen LogP contribution is 2.24. The highest BCUT2D eigenvalue weighted by Gasteiger charge is 2.22. The van der Waals surface area contributed by atoms with Gasteiger partial charge in [-0.1, -0.05) is 50.6 Å². The Bertz CT molecular complexity index is 403. The first-order valence-corrected chi connectivity index (χ1v) is 8.19. The molecule has 0 aliphatic heterocycles. The van der Waals surface area contributed by atoms with Crippen molar-refractivity contribution in [1.82, 2.24) is 5.32 Å². The van der Waals surface area contributed by atoms with E-state index in [0.29, 0.717) is 17.9 Å². The molecule has 1 aromatic carbocycles. The Morgan fingerprint density at radius 1 is 1.10 bits per heavy atom. The van der Waals surface area contributed by atoms with Gasteiger partial charge in [-0.2, -0.15) is 0 Å². The Hall–Kier alpha value is -0.860. The second kappa shape index (κ2) is 7.95. The van der Waals surface area contributed by atoms with Crippen LogP contribution >= 0.6 is 0 Å². The van der Waals surface area contributed by atoms with Crippen LogP contribution in [0.2, 0.25) is 0 Å². The number of nitrogens with one attached hydrogen (secondary N) is 1. The molecule has 0 saturated heterocycles. The summed E-state index contributed by atoms with van der Waals surface area (Å²) in [6, 6.07) is 9.16. The summed E-state index contributed by atoms with van der Waals surface area (Å²) in [5.41, 5.74) is 2.06. The topological polar surface area (TPSA) is 32.3 Å². The van der Waals surface area contributed by atoms with Crippen LogP contribution in [-0.2, 0) is 0 Å². The van der Waals surface area contributed by atoms with Crippen LogP contribution in [0.1, 0.15) is 64.5 Å². The van der Waals surface area contributed by atoms with E-state index in [9.17, 15) is 5.11 Å². The van der Waals surface area contributed by atoms with Crippen molar-refractivity contribution >= 4 is 0 Å². The van der Waals surface area contributed by atoms with Gasteiger partial charge in [-0.25, -0.2) is 0 Å². The van der Waals surface area contributed by atoms with Crippen LogP contribution in [0.3, 0.4) is 0 Å². The molecule has 1 aromatic rings. The molecular weight excluding hydrogens is 258 g/mol. The predicted molar refractivity (Wildman–Crippen MR) is 91.8 cm³/mol. The monoisotopic (exact) mass is 291 g/mol. The minimum absolute atomic E-state index is 0.351. The van der Waals surface area contributed by atoms with Crippen LogP contribution in [0.5, 0.6) is 0 Å². The molecule has 2 atom stereocenters. The molecule has 1 rings (SSSR count). The lowest BCUT2D eigenvalue weighted by atomic mass is 9.88. The van der Waals surface area contributed by atoms with Gasteiger partial charge in [0.1, 0.15) is 0 Å². The van der Waals surface area contributed by atoms with Gasteiger partial charge in [0.25, 0.3) is 0 Å². The number of aryl methyl sites for hydroxylation is 1. The van der Waals surface area contributed by atoms with Crippen molar-refractivity contribution in [2.24, 2.45) is 5.92 Å². The maximum absolute atomic E-state index is 10.1. The molecule has 0 saturated carbocycles. The molecule has 0 fully saturated rings. The zero-order valence-electron chi connectivity index (χ0n) is 14.6. The Balaban J connectivity index is 2.67. The van der Waals surface area contributed by atoms with Crippen LogP contribution in [0.25, 0.3) is 0 Å². The Morgan fingerprint density at radius 2 is 1.67 bits per heavy atom. The van der Waals surface area contributed by atoms with Crippen molar-refractivity contribution in [1.29, 1.82) is 0 Å². The molecule has 0 spiro atoms. The minimum Gasteiger partial charge on any atom is -0.390 e. The number of aliphatic hydroxyl groups is 1. The highest BCUT2D eigenvalue weighted by atomic mass is 16.3. The zero-order valence-corrected chi connectivity index (χ0v) is 14.6. The fraction of sp³-hybridized carbons (Fsp3) is 0.684. The summed E-state index contributed by atoms with van der Waals surface area (Å²) in [5, 5.41) is 13.8. The third-order valence-electron chi connectivity index (χ3n) is 3.85. The maximum atomic E-state index is 10.1. The van der Waals surface area contributed by atoms with E-state index in [1.165, 1.54) is 11.1 Å². The summed E-state index contributed by atoms with van der Waals surface area (Å²) in [6.07, 6.45) is 1.84. The molecule has 0 radical (unpaired) electrons. The highest BCUT2D eigenvalue weighted by molar-refractivity contribution is 5.24. The average molecular weight is 291 g/mol. The molecule has 0 aromatic heterocycles. The second-order valence-electron chi connectivity index (χ2n) is 7.56. The van der Waals surface area contributed by atoms with Crippen molar-refractivity contribution in [3.05, 3.63) is 35.4 Å². The minimum atomic E-state index is -0.623. The SMILES string of the molecule is Cc1ccc([C@@H](C)CC(CC(C)(C)O)NCC(C)C)cc1. The Morgan fingerprint density at radius 3 is 2.14 bits per heavy atom. The summed E-state index contributed by atoms with van der Waals surface area (Å²) in [5.74, 6) is 1.13. The summed E-state index contributed by atoms with van der Waals surface area (Å²) in [4.78, 5) is 0. The van der Waals surface area contributed by atoms with E-state index >= 15 is 0 Å². The number of benzene rings is 1. The van der Waals surface area contributed by atoms with Gasteiger partial charge >= 0.3 is 0 Å². The number of rotatable bonds is 8. The third kappa shape index (κ3) is 7.63. The Kier molecular flexibility index (Phi) is 6.89. The van der Waals surface area contributed by atoms with Gasteiger partial charge in [-0.3, -0.25) is 0 Å². The first-order chi connectivity index (χ1) is 9.67. The molecule has 120 valence electrons. The summed E-state index contributed by atoms with van der Waals surface area (Å²) >= 11 is 0. The molecule has 0 amide bonds. The lowest BCUT2D eigenvalue weighted by Gasteiger charge is -2.29. The van der Waals surface area contributed by atoms with Crippen molar-refractivity contribution in [2.45, 2.75) is 71.9 Å². The van der Waals surface area contributed by atoms with Crippen molar-refractivity contribution in [2.75, 3.05) is 6.54 Å². The first-order valence-electron chi connectivity index (χ1n) is 8.19. The van der Waals surface area contributed by atoms with E-state index in [1.54, 1.807) is 0 Å². The zero-order chi connectivity index (χ0) is 16.0. The lowest BCUT2D eigenvalue weighted by molar-refractivity contribution is 0.0568. The van der Waals surface area contributed by atoms with Crippen molar-refractivity contribution in [3.8, 4) is 0 Å². The van der Waals surface area contributed by atoms with Gasteiger partial charge in [-0.05, 0) is 57.6 Å². The van der Waals surface area contributed by atoms with Crippen LogP contribution in [0.15, 0.2) is 24.3 Å². The third-order valence-corrected chi connectivity index (χ3v) is 3.85. The fourth-order valence-corrected chi connectivity index (χ4v) is 2.70. The van der Waals surface area contributed by atoms with E-state index in [-0.39, 0.29) is 0 Å². The van der Waals surface area contributed by atoms with E-state index in [0.717, 1.165) is 19.4 Å². The largest absolute Gasteiger partial charge is 0.390 e. The lowest BCUT2D eigenvalue weighted by Crippen LogP contribution is -2.39. The maximum Gasteiger partial charge on any atom is 0.0606 e. The summed E-state index contributed by atoms with van der Waals surface area (Å²) in [6.45, 7) is 13.6. The molecule has 2 nitrogen and oxygen atoms in total. The normalized spacial score (nSPS) is 15.2. The van der Waals surface area contributed by atoms with Gasteiger partial charge in [0.2, 0.25) is 0 Å². The smallest absolute Gasteiger partial charge is 0.0606 e. The Labute approximate surface area is 131 Å². The molecular formula is C19H33NO. The quantitative estimate of drug-likeness (QED) is 0.750. The molecule has 0 aliphatic carbocycles. The van der Waals surface area contributed by atoms with E-state index in [2.05, 4.69) is 57.3 Å². The van der Waals surface area contributed by atoms with Crippen molar-refractivity contribution in [3.63, 3.8) is 0 Å². The average Bonchev–Trinajstić information content (AvgIpc) is 2.34. The van der Waals surface area contributed by atoms with E-state index in [1.807, 2.05) is 13.8 Å². The van der Waals surface area contributed by atoms with Gasteiger partial charge in [-0.15, -0.1) is 0 Å². The van der Waals surface area contributed by atoms with Crippen LogP contribution < -0.4 is 5.32 Å². The molecule has 0 aliphatic rings. The standard InChI is InChI=1S/C19H33NO/c1-14(2)13-20-18(12-19(5,6)21)11-16(4)17-9-7-15(3)8-10-17/h7-10,14,16,18,20-21H,11-13H2,1-6H3/t16-,18?/m0/s1. The predicted octanol–water partition coefficient (Wildman–Crippen LogP) is 4.26. The summed E-state index contributed by atoms with van der Waals surface area (Å²) in [7, 11) is 0. The number of hydrogen-bond acceptors (Lipinski definition) is 2. The summed E-state index contributed by atoms with van der Waals surface area (Å²) < 4.78 is 0. The molecule has 0 bridgehead atoms. The van der Waals surface area contributed by atoms with Gasteiger partial charge in [0, 0.05) is 6.04 Å². The number of hydrogen-bond donors (Lipinski definition) is 2. The van der Waals surface area contributed by atoms with E-state index in [4.69, 9.17) is 0 Å². The van der Waals surface area contributed by atoms with Crippen LogP contribution in [-0.4, -0.2) is 23.3 Å². The van der Waals surface area contributed by atoms with Crippen molar-refractivity contribution < 1.29 is 5.11 Å².